The summed E-state index contributed by atoms with van der Waals surface area (Å²) >= 11 is 0. The third-order valence-corrected chi connectivity index (χ3v) is 6.29. The Morgan fingerprint density at radius 3 is 2.45 bits per heavy atom. The lowest BCUT2D eigenvalue weighted by atomic mass is 10.1. The van der Waals surface area contributed by atoms with Crippen LogP contribution in [0.1, 0.15) is 17.0 Å². The number of aromatic amines is 1. The van der Waals surface area contributed by atoms with E-state index < -0.39 is 31.5 Å². The predicted octanol–water partition coefficient (Wildman–Crippen LogP) is 5.72. The molecule has 12 heteroatoms. The van der Waals surface area contributed by atoms with Gasteiger partial charge < -0.3 is 10.2 Å². The van der Waals surface area contributed by atoms with Crippen LogP contribution in [0.25, 0.3) is 33.4 Å². The Morgan fingerprint density at radius 2 is 1.76 bits per heavy atom. The van der Waals surface area contributed by atoms with Gasteiger partial charge in [0.2, 0.25) is 0 Å². The number of rotatable bonds is 6. The van der Waals surface area contributed by atoms with Crippen LogP contribution in [-0.2, 0) is 0 Å². The number of carbonyl (C=O) groups excluding carboxylic acids is 1. The van der Waals surface area contributed by atoms with Crippen molar-refractivity contribution in [3.05, 3.63) is 78.9 Å². The Balaban J connectivity index is 1.28. The van der Waals surface area contributed by atoms with E-state index >= 15 is 0 Å². The largest absolute Gasteiger partial charge is 0.340 e. The number of alkyl halides is 4. The van der Waals surface area contributed by atoms with Crippen LogP contribution in [0.3, 0.4) is 0 Å². The van der Waals surface area contributed by atoms with E-state index in [0.29, 0.717) is 21.3 Å². The summed E-state index contributed by atoms with van der Waals surface area (Å²) in [5.74, 6) is -3.09. The van der Waals surface area contributed by atoms with E-state index in [1.54, 1.807) is 36.8 Å². The molecule has 2 N–H and O–H groups in total. The molecule has 38 heavy (non-hydrogen) atoms. The molecule has 1 aliphatic rings. The van der Waals surface area contributed by atoms with Gasteiger partial charge in [0.25, 0.3) is 11.8 Å². The third kappa shape index (κ3) is 4.33. The summed E-state index contributed by atoms with van der Waals surface area (Å²) in [6, 6.07) is 15.3. The fraction of sp³-hybridized carbons (Fsp3) is 0.154. The molecule has 0 radical (unpaired) electrons. The number of hydrogen-bond acceptors (Lipinski definition) is 5. The van der Waals surface area contributed by atoms with Crippen molar-refractivity contribution in [2.75, 3.05) is 18.4 Å². The maximum atomic E-state index is 14.0. The van der Waals surface area contributed by atoms with Gasteiger partial charge in [0, 0.05) is 34.6 Å². The van der Waals surface area contributed by atoms with Gasteiger partial charge in [-0.2, -0.15) is 13.9 Å². The van der Waals surface area contributed by atoms with Gasteiger partial charge >= 0.3 is 6.55 Å². The summed E-state index contributed by atoms with van der Waals surface area (Å²) in [4.78, 5) is 22.3. The standard InChI is InChI=1S/C26H19F4N7O/c27-25(28)37-20-10-17(2-1-16(20)9-21(37)24(38)36-13-26(29,30)14-36)23-31-8-7-22(35-23)34-19-5-3-15(4-6-19)18-11-32-33-12-18/h1-12,25H,13-14H2,(H,32,33)(H,31,34,35). The second-order valence-electron chi connectivity index (χ2n) is 8.92. The number of benzene rings is 2. The second kappa shape index (κ2) is 8.98. The average Bonchev–Trinajstić information content (AvgIpc) is 3.55. The summed E-state index contributed by atoms with van der Waals surface area (Å²) in [6.45, 7) is -4.63. The van der Waals surface area contributed by atoms with E-state index in [2.05, 4.69) is 25.5 Å². The monoisotopic (exact) mass is 521 g/mol. The third-order valence-electron chi connectivity index (χ3n) is 6.29. The lowest BCUT2D eigenvalue weighted by molar-refractivity contribution is -0.113. The number of carbonyl (C=O) groups is 1. The number of amides is 1. The van der Waals surface area contributed by atoms with Gasteiger partial charge in [-0.15, -0.1) is 0 Å². The number of likely N-dealkylation sites (tertiary alicyclic amines) is 1. The molecule has 1 amide bonds. The van der Waals surface area contributed by atoms with Gasteiger partial charge in [-0.05, 0) is 35.9 Å². The quantitative estimate of drug-likeness (QED) is 0.279. The molecule has 1 fully saturated rings. The van der Waals surface area contributed by atoms with Crippen LogP contribution < -0.4 is 5.32 Å². The van der Waals surface area contributed by atoms with Crippen LogP contribution in [0.4, 0.5) is 29.1 Å². The number of nitrogens with zero attached hydrogens (tertiary/aromatic N) is 5. The van der Waals surface area contributed by atoms with Crippen molar-refractivity contribution in [3.63, 3.8) is 0 Å². The molecule has 5 aromatic rings. The number of fused-ring (bicyclic) bond motifs is 1. The topological polar surface area (TPSA) is 91.7 Å². The van der Waals surface area contributed by atoms with Crippen LogP contribution in [-0.4, -0.2) is 54.6 Å². The number of aromatic nitrogens is 5. The molecule has 0 saturated carbocycles. The normalized spacial score (nSPS) is 14.6. The maximum absolute atomic E-state index is 14.0. The van der Waals surface area contributed by atoms with E-state index in [-0.39, 0.29) is 17.0 Å². The van der Waals surface area contributed by atoms with Crippen molar-refractivity contribution in [2.45, 2.75) is 12.5 Å². The molecule has 0 unspecified atom stereocenters. The van der Waals surface area contributed by atoms with Crippen LogP contribution in [0.5, 0.6) is 0 Å². The minimum atomic E-state index is -3.05. The Kier molecular flexibility index (Phi) is 5.59. The molecule has 8 nitrogen and oxygen atoms in total. The SMILES string of the molecule is O=C(c1cc2ccc(-c3nccc(Nc4ccc(-c5cn[nH]c5)cc4)n3)cc2n1C(F)F)N1CC(F)(F)C1. The van der Waals surface area contributed by atoms with Crippen LogP contribution in [0.15, 0.2) is 73.2 Å². The second-order valence-corrected chi connectivity index (χ2v) is 8.92. The Morgan fingerprint density at radius 1 is 1.00 bits per heavy atom. The molecule has 0 atom stereocenters. The molecule has 6 rings (SSSR count). The molecular weight excluding hydrogens is 502 g/mol. The van der Waals surface area contributed by atoms with Crippen molar-refractivity contribution in [3.8, 4) is 22.5 Å². The number of halogens is 4. The van der Waals surface area contributed by atoms with E-state index in [0.717, 1.165) is 21.7 Å². The summed E-state index contributed by atoms with van der Waals surface area (Å²) in [5.41, 5.74) is 2.90. The van der Waals surface area contributed by atoms with Gasteiger partial charge in [0.15, 0.2) is 5.82 Å². The molecule has 4 heterocycles. The Hall–Kier alpha value is -4.74. The van der Waals surface area contributed by atoms with E-state index in [4.69, 9.17) is 0 Å². The summed E-state index contributed by atoms with van der Waals surface area (Å²) < 4.78 is 55.1. The van der Waals surface area contributed by atoms with E-state index in [9.17, 15) is 22.4 Å². The lowest BCUT2D eigenvalue weighted by Gasteiger charge is -2.38. The maximum Gasteiger partial charge on any atom is 0.319 e. The minimum Gasteiger partial charge on any atom is -0.340 e. The zero-order valence-corrected chi connectivity index (χ0v) is 19.6. The number of H-pyrrole nitrogens is 1. The molecule has 192 valence electrons. The summed E-state index contributed by atoms with van der Waals surface area (Å²) in [6.07, 6.45) is 5.06. The molecule has 3 aromatic heterocycles. The van der Waals surface area contributed by atoms with Gasteiger partial charge in [0.05, 0.1) is 24.8 Å². The van der Waals surface area contributed by atoms with Crippen molar-refractivity contribution in [1.82, 2.24) is 29.6 Å². The van der Waals surface area contributed by atoms with Crippen molar-refractivity contribution >= 4 is 28.3 Å². The van der Waals surface area contributed by atoms with Gasteiger partial charge in [0.1, 0.15) is 11.5 Å². The first kappa shape index (κ1) is 23.6. The van der Waals surface area contributed by atoms with Crippen LogP contribution in [0, 0.1) is 0 Å². The zero-order chi connectivity index (χ0) is 26.4. The Labute approximate surface area is 212 Å². The number of hydrogen-bond donors (Lipinski definition) is 2. The summed E-state index contributed by atoms with van der Waals surface area (Å²) in [5, 5.41) is 10.3. The first-order valence-corrected chi connectivity index (χ1v) is 11.6. The zero-order valence-electron chi connectivity index (χ0n) is 19.6. The van der Waals surface area contributed by atoms with Crippen molar-refractivity contribution in [1.29, 1.82) is 0 Å². The fourth-order valence-electron chi connectivity index (χ4n) is 4.42. The smallest absolute Gasteiger partial charge is 0.319 e. The lowest BCUT2D eigenvalue weighted by Crippen LogP contribution is -2.58. The van der Waals surface area contributed by atoms with Gasteiger partial charge in [-0.25, -0.2) is 18.7 Å². The average molecular weight is 521 g/mol. The first-order valence-electron chi connectivity index (χ1n) is 11.6. The highest BCUT2D eigenvalue weighted by molar-refractivity contribution is 6.00. The first-order chi connectivity index (χ1) is 18.3. The summed E-state index contributed by atoms with van der Waals surface area (Å²) in [7, 11) is 0. The highest BCUT2D eigenvalue weighted by Crippen LogP contribution is 2.33. The molecule has 1 aliphatic heterocycles. The highest BCUT2D eigenvalue weighted by Gasteiger charge is 2.47. The predicted molar refractivity (Wildman–Crippen MR) is 132 cm³/mol. The molecule has 2 aromatic carbocycles. The van der Waals surface area contributed by atoms with Crippen molar-refractivity contribution < 1.29 is 22.4 Å². The van der Waals surface area contributed by atoms with Crippen LogP contribution in [0.2, 0.25) is 0 Å². The van der Waals surface area contributed by atoms with Gasteiger partial charge in [-0.1, -0.05) is 24.3 Å². The van der Waals surface area contributed by atoms with Crippen molar-refractivity contribution in [2.24, 2.45) is 0 Å². The fourth-order valence-corrected chi connectivity index (χ4v) is 4.42. The van der Waals surface area contributed by atoms with Gasteiger partial charge in [-0.3, -0.25) is 14.5 Å². The van der Waals surface area contributed by atoms with E-state index in [1.807, 2.05) is 24.3 Å². The molecule has 0 bridgehead atoms. The minimum absolute atomic E-state index is 0.0740. The Bertz CT molecular complexity index is 1620. The number of nitrogens with one attached hydrogen (secondary N) is 2. The van der Waals surface area contributed by atoms with Crippen LogP contribution >= 0.6 is 0 Å². The number of anilines is 2. The molecule has 0 aliphatic carbocycles. The molecule has 1 saturated heterocycles. The highest BCUT2D eigenvalue weighted by atomic mass is 19.3. The molecule has 0 spiro atoms. The van der Waals surface area contributed by atoms with E-state index in [1.165, 1.54) is 12.1 Å². The molecular formula is C26H19F4N7O.